The van der Waals surface area contributed by atoms with Crippen molar-refractivity contribution in [1.82, 2.24) is 5.32 Å². The van der Waals surface area contributed by atoms with E-state index in [1.807, 2.05) is 39.0 Å². The minimum Gasteiger partial charge on any atom is -0.481 e. The largest absolute Gasteiger partial charge is 0.481 e. The number of benzene rings is 1. The molecule has 1 aromatic carbocycles. The molecule has 0 saturated heterocycles. The Hall–Kier alpha value is -1.39. The number of aliphatic hydroxyl groups is 1. The fraction of sp³-hybridized carbons (Fsp3) is 0.588. The Bertz CT molecular complexity index is 473. The number of aryl methyl sites for hydroxylation is 2. The average molecular weight is 293 g/mol. The van der Waals surface area contributed by atoms with Gasteiger partial charge in [-0.15, -0.1) is 0 Å². The molecule has 21 heavy (non-hydrogen) atoms. The second kappa shape index (κ2) is 8.15. The lowest BCUT2D eigenvalue weighted by Crippen LogP contribution is -2.41. The number of carbonyl (C=O) groups is 1. The lowest BCUT2D eigenvalue weighted by molar-refractivity contribution is -0.137. The summed E-state index contributed by atoms with van der Waals surface area (Å²) in [5.74, 6) is -0.834. The molecule has 4 heteroatoms. The number of hydrogen-bond acceptors (Lipinski definition) is 3. The second-order valence-corrected chi connectivity index (χ2v) is 5.82. The number of nitrogens with one attached hydrogen (secondary N) is 1. The van der Waals surface area contributed by atoms with Gasteiger partial charge in [0.05, 0.1) is 6.10 Å². The predicted octanol–water partition coefficient (Wildman–Crippen LogP) is 2.96. The summed E-state index contributed by atoms with van der Waals surface area (Å²) in [6.45, 7) is 8.07. The highest BCUT2D eigenvalue weighted by atomic mass is 16.4. The maximum atomic E-state index is 10.8. The molecule has 0 saturated carbocycles. The van der Waals surface area contributed by atoms with E-state index in [1.54, 1.807) is 0 Å². The molecule has 0 amide bonds. The SMILES string of the molecule is CCC(C)NC(CCC(=O)O)C(O)c1cc(C)ccc1C. The average Bonchev–Trinajstić information content (AvgIpc) is 2.44. The third-order valence-electron chi connectivity index (χ3n) is 3.91. The van der Waals surface area contributed by atoms with Crippen LogP contribution in [0.5, 0.6) is 0 Å². The van der Waals surface area contributed by atoms with Gasteiger partial charge in [-0.2, -0.15) is 0 Å². The van der Waals surface area contributed by atoms with Crippen molar-refractivity contribution in [1.29, 1.82) is 0 Å². The maximum Gasteiger partial charge on any atom is 0.303 e. The minimum atomic E-state index is -0.834. The summed E-state index contributed by atoms with van der Waals surface area (Å²) in [4.78, 5) is 10.8. The van der Waals surface area contributed by atoms with Gasteiger partial charge in [-0.25, -0.2) is 0 Å². The van der Waals surface area contributed by atoms with Gasteiger partial charge in [-0.05, 0) is 44.7 Å². The maximum absolute atomic E-state index is 10.8. The zero-order valence-electron chi connectivity index (χ0n) is 13.4. The predicted molar refractivity (Wildman–Crippen MR) is 84.4 cm³/mol. The van der Waals surface area contributed by atoms with Gasteiger partial charge in [0.15, 0.2) is 0 Å². The fourth-order valence-electron chi connectivity index (χ4n) is 2.39. The summed E-state index contributed by atoms with van der Waals surface area (Å²) in [5.41, 5.74) is 3.00. The normalized spacial score (nSPS) is 15.5. The lowest BCUT2D eigenvalue weighted by atomic mass is 9.93. The first-order chi connectivity index (χ1) is 9.85. The van der Waals surface area contributed by atoms with Gasteiger partial charge in [0.25, 0.3) is 0 Å². The van der Waals surface area contributed by atoms with Crippen LogP contribution in [0.15, 0.2) is 18.2 Å². The van der Waals surface area contributed by atoms with Crippen LogP contribution in [0.1, 0.15) is 55.9 Å². The highest BCUT2D eigenvalue weighted by Crippen LogP contribution is 2.25. The summed E-state index contributed by atoms with van der Waals surface area (Å²) in [6, 6.07) is 5.97. The number of aliphatic hydroxyl groups excluding tert-OH is 1. The van der Waals surface area contributed by atoms with E-state index in [2.05, 4.69) is 12.2 Å². The van der Waals surface area contributed by atoms with Crippen molar-refractivity contribution in [2.75, 3.05) is 0 Å². The molecule has 0 aliphatic heterocycles. The number of rotatable bonds is 8. The van der Waals surface area contributed by atoms with Crippen molar-refractivity contribution in [2.24, 2.45) is 0 Å². The van der Waals surface area contributed by atoms with Crippen LogP contribution >= 0.6 is 0 Å². The molecule has 0 heterocycles. The van der Waals surface area contributed by atoms with Crippen LogP contribution in [0, 0.1) is 13.8 Å². The van der Waals surface area contributed by atoms with Gasteiger partial charge < -0.3 is 15.5 Å². The molecular weight excluding hydrogens is 266 g/mol. The highest BCUT2D eigenvalue weighted by molar-refractivity contribution is 5.66. The zero-order valence-corrected chi connectivity index (χ0v) is 13.4. The first-order valence-corrected chi connectivity index (χ1v) is 7.58. The third kappa shape index (κ3) is 5.48. The van der Waals surface area contributed by atoms with E-state index >= 15 is 0 Å². The molecule has 1 rings (SSSR count). The molecule has 3 N–H and O–H groups in total. The molecule has 118 valence electrons. The lowest BCUT2D eigenvalue weighted by Gasteiger charge is -2.28. The third-order valence-corrected chi connectivity index (χ3v) is 3.91. The smallest absolute Gasteiger partial charge is 0.303 e. The van der Waals surface area contributed by atoms with E-state index in [-0.39, 0.29) is 18.5 Å². The van der Waals surface area contributed by atoms with Crippen LogP contribution in [0.25, 0.3) is 0 Å². The zero-order chi connectivity index (χ0) is 16.0. The standard InChI is InChI=1S/C17H27NO3/c1-5-13(4)18-15(8-9-16(19)20)17(21)14-10-11(2)6-7-12(14)3/h6-7,10,13,15,17-18,21H,5,8-9H2,1-4H3,(H,19,20). The van der Waals surface area contributed by atoms with Gasteiger partial charge >= 0.3 is 5.97 Å². The molecule has 0 bridgehead atoms. The molecule has 0 aliphatic rings. The Labute approximate surface area is 127 Å². The van der Waals surface area contributed by atoms with E-state index in [1.165, 1.54) is 0 Å². The molecule has 0 aliphatic carbocycles. The van der Waals surface area contributed by atoms with Crippen molar-refractivity contribution in [3.8, 4) is 0 Å². The quantitative estimate of drug-likeness (QED) is 0.689. The van der Waals surface area contributed by atoms with E-state index in [9.17, 15) is 9.90 Å². The first kappa shape index (κ1) is 17.7. The molecule has 0 spiro atoms. The van der Waals surface area contributed by atoms with E-state index in [0.717, 1.165) is 23.1 Å². The van der Waals surface area contributed by atoms with Crippen LogP contribution in [0.3, 0.4) is 0 Å². The molecule has 0 radical (unpaired) electrons. The van der Waals surface area contributed by atoms with Crippen molar-refractivity contribution in [3.63, 3.8) is 0 Å². The number of carboxylic acid groups (broad SMARTS) is 1. The minimum absolute atomic E-state index is 0.0516. The Morgan fingerprint density at radius 3 is 2.57 bits per heavy atom. The van der Waals surface area contributed by atoms with E-state index < -0.39 is 12.1 Å². The van der Waals surface area contributed by atoms with E-state index in [0.29, 0.717) is 6.42 Å². The van der Waals surface area contributed by atoms with Crippen LogP contribution in [0.2, 0.25) is 0 Å². The van der Waals surface area contributed by atoms with E-state index in [4.69, 9.17) is 5.11 Å². The molecule has 0 aromatic heterocycles. The summed E-state index contributed by atoms with van der Waals surface area (Å²) >= 11 is 0. The van der Waals surface area contributed by atoms with Crippen LogP contribution in [0.4, 0.5) is 0 Å². The molecule has 4 nitrogen and oxygen atoms in total. The van der Waals surface area contributed by atoms with Crippen molar-refractivity contribution in [3.05, 3.63) is 34.9 Å². The Morgan fingerprint density at radius 1 is 1.33 bits per heavy atom. The molecule has 3 atom stereocenters. The van der Waals surface area contributed by atoms with Gasteiger partial charge in [0.2, 0.25) is 0 Å². The van der Waals surface area contributed by atoms with Gasteiger partial charge in [-0.1, -0.05) is 30.7 Å². The van der Waals surface area contributed by atoms with Crippen molar-refractivity contribution in [2.45, 2.75) is 65.1 Å². The summed E-state index contributed by atoms with van der Waals surface area (Å²) in [6.07, 6.45) is 0.700. The monoisotopic (exact) mass is 293 g/mol. The molecule has 3 unspecified atom stereocenters. The van der Waals surface area contributed by atoms with Crippen molar-refractivity contribution < 1.29 is 15.0 Å². The fourth-order valence-corrected chi connectivity index (χ4v) is 2.39. The number of aliphatic carboxylic acids is 1. The van der Waals surface area contributed by atoms with Gasteiger partial charge in [0, 0.05) is 18.5 Å². The highest BCUT2D eigenvalue weighted by Gasteiger charge is 2.24. The molecule has 1 aromatic rings. The summed E-state index contributed by atoms with van der Waals surface area (Å²) in [7, 11) is 0. The van der Waals surface area contributed by atoms with Crippen LogP contribution < -0.4 is 5.32 Å². The van der Waals surface area contributed by atoms with Crippen LogP contribution in [-0.4, -0.2) is 28.3 Å². The topological polar surface area (TPSA) is 69.6 Å². The summed E-state index contributed by atoms with van der Waals surface area (Å²) < 4.78 is 0. The van der Waals surface area contributed by atoms with Crippen molar-refractivity contribution >= 4 is 5.97 Å². The summed E-state index contributed by atoms with van der Waals surface area (Å²) in [5, 5.41) is 22.9. The number of hydrogen-bond donors (Lipinski definition) is 3. The van der Waals surface area contributed by atoms with Crippen LogP contribution in [-0.2, 0) is 4.79 Å². The first-order valence-electron chi connectivity index (χ1n) is 7.58. The number of carboxylic acids is 1. The van der Waals surface area contributed by atoms with Gasteiger partial charge in [-0.3, -0.25) is 4.79 Å². The molecule has 0 fully saturated rings. The Kier molecular flexibility index (Phi) is 6.85. The Balaban J connectivity index is 2.93. The Morgan fingerprint density at radius 2 is 2.00 bits per heavy atom. The second-order valence-electron chi connectivity index (χ2n) is 5.82. The van der Waals surface area contributed by atoms with Gasteiger partial charge in [0.1, 0.15) is 0 Å². The molecular formula is C17H27NO3.